The van der Waals surface area contributed by atoms with Crippen molar-refractivity contribution in [2.75, 3.05) is 0 Å². The van der Waals surface area contributed by atoms with Gasteiger partial charge in [0, 0.05) is 18.3 Å². The Morgan fingerprint density at radius 2 is 1.96 bits per heavy atom. The van der Waals surface area contributed by atoms with Crippen molar-refractivity contribution in [1.82, 2.24) is 15.3 Å². The van der Waals surface area contributed by atoms with Gasteiger partial charge in [0.2, 0.25) is 5.91 Å². The van der Waals surface area contributed by atoms with Crippen molar-refractivity contribution in [3.63, 3.8) is 0 Å². The summed E-state index contributed by atoms with van der Waals surface area (Å²) in [5.41, 5.74) is 6.43. The number of amides is 1. The standard InChI is InChI=1S/C12H20N4O3.3CH3.Sn/c1-7(2)3-10(12(18)19)16-11(17)9(13)4-8-5-14-6-15-8;;;;/h5-7,9-10H,3-4,13H2,1-2H3,(H,14,15)(H,16,17)(H,18,19);3*1H3;/q;;;;+1/p-1/t9-,10-;;;;/m0..../s1. The van der Waals surface area contributed by atoms with E-state index in [2.05, 4.69) is 30.1 Å². The van der Waals surface area contributed by atoms with E-state index in [9.17, 15) is 14.7 Å². The van der Waals surface area contributed by atoms with Crippen LogP contribution in [0.25, 0.3) is 0 Å². The van der Waals surface area contributed by atoms with Crippen molar-refractivity contribution < 1.29 is 14.7 Å². The quantitative estimate of drug-likeness (QED) is 0.522. The van der Waals surface area contributed by atoms with Gasteiger partial charge < -0.3 is 25.9 Å². The third kappa shape index (κ3) is 11.1. The number of carbonyl (C=O) groups excluding carboxylic acids is 2. The predicted molar refractivity (Wildman–Crippen MR) is 90.0 cm³/mol. The molecule has 23 heavy (non-hydrogen) atoms. The van der Waals surface area contributed by atoms with Gasteiger partial charge in [0.1, 0.15) is 0 Å². The SMILES string of the molecule is CC(C)C[C@H](NC(=O)[C@@H](N)Cc1cnc[nH]1)C(=O)[O-].[CH3][Sn+]([CH3])[CH3]. The number of hydrogen-bond acceptors (Lipinski definition) is 5. The zero-order valence-electron chi connectivity index (χ0n) is 14.6. The number of carboxylic acid groups (broad SMARTS) is 1. The molecule has 8 heteroatoms. The van der Waals surface area contributed by atoms with Crippen molar-refractivity contribution in [2.45, 2.75) is 53.6 Å². The summed E-state index contributed by atoms with van der Waals surface area (Å²) in [5, 5.41) is 13.3. The molecule has 0 aliphatic heterocycles. The summed E-state index contributed by atoms with van der Waals surface area (Å²) in [4.78, 5) is 36.5. The van der Waals surface area contributed by atoms with Crippen molar-refractivity contribution in [3.8, 4) is 0 Å². The summed E-state index contributed by atoms with van der Waals surface area (Å²) in [7, 11) is 0. The second-order valence-electron chi connectivity index (χ2n) is 6.40. The van der Waals surface area contributed by atoms with Crippen LogP contribution in [0.2, 0.25) is 14.8 Å². The Balaban J connectivity index is 0.00000108. The number of hydrogen-bond donors (Lipinski definition) is 3. The normalized spacial score (nSPS) is 12.8. The van der Waals surface area contributed by atoms with Crippen LogP contribution in [0.4, 0.5) is 0 Å². The van der Waals surface area contributed by atoms with Gasteiger partial charge in [-0.05, 0) is 12.3 Å². The summed E-state index contributed by atoms with van der Waals surface area (Å²) < 4.78 is 0. The van der Waals surface area contributed by atoms with E-state index < -0.39 is 43.7 Å². The van der Waals surface area contributed by atoms with E-state index in [0.29, 0.717) is 6.42 Å². The fourth-order valence-corrected chi connectivity index (χ4v) is 1.69. The molecule has 0 radical (unpaired) electrons. The van der Waals surface area contributed by atoms with Gasteiger partial charge in [0.05, 0.1) is 24.4 Å². The fourth-order valence-electron chi connectivity index (χ4n) is 1.69. The molecule has 130 valence electrons. The maximum atomic E-state index is 11.8. The number of imidazole rings is 1. The zero-order valence-corrected chi connectivity index (χ0v) is 17.4. The Hall–Kier alpha value is -1.09. The van der Waals surface area contributed by atoms with E-state index in [1.807, 2.05) is 13.8 Å². The van der Waals surface area contributed by atoms with Gasteiger partial charge in [0.15, 0.2) is 0 Å². The first-order valence-corrected chi connectivity index (χ1v) is 16.2. The van der Waals surface area contributed by atoms with Crippen LogP contribution in [0.3, 0.4) is 0 Å². The third-order valence-electron chi connectivity index (χ3n) is 2.64. The number of carbonyl (C=O) groups is 2. The Morgan fingerprint density at radius 1 is 1.39 bits per heavy atom. The number of nitrogens with one attached hydrogen (secondary N) is 2. The van der Waals surface area contributed by atoms with Crippen molar-refractivity contribution in [3.05, 3.63) is 18.2 Å². The molecule has 0 saturated carbocycles. The number of carboxylic acids is 1. The Morgan fingerprint density at radius 3 is 2.35 bits per heavy atom. The third-order valence-corrected chi connectivity index (χ3v) is 2.64. The van der Waals surface area contributed by atoms with Gasteiger partial charge >= 0.3 is 34.6 Å². The number of nitrogens with two attached hydrogens (primary N) is 1. The molecule has 0 aliphatic carbocycles. The molecule has 1 aromatic heterocycles. The number of nitrogens with zero attached hydrogens (tertiary/aromatic N) is 1. The average Bonchev–Trinajstić information content (AvgIpc) is 2.89. The van der Waals surface area contributed by atoms with Gasteiger partial charge in [-0.2, -0.15) is 0 Å². The second-order valence-corrected chi connectivity index (χ2v) is 15.0. The second kappa shape index (κ2) is 11.4. The molecule has 4 N–H and O–H groups in total. The van der Waals surface area contributed by atoms with Crippen LogP contribution in [-0.4, -0.2) is 53.7 Å². The van der Waals surface area contributed by atoms with Crippen LogP contribution < -0.4 is 16.2 Å². The minimum absolute atomic E-state index is 0.132. The molecule has 0 unspecified atom stereocenters. The zero-order chi connectivity index (χ0) is 18.0. The van der Waals surface area contributed by atoms with E-state index in [-0.39, 0.29) is 12.3 Å². The molecule has 1 rings (SSSR count). The molecule has 1 amide bonds. The van der Waals surface area contributed by atoms with Gasteiger partial charge in [0.25, 0.3) is 0 Å². The Bertz CT molecular complexity index is 461. The summed E-state index contributed by atoms with van der Waals surface area (Å²) in [5.74, 6) is -1.67. The monoisotopic (exact) mass is 432 g/mol. The number of rotatable bonds is 7. The first-order chi connectivity index (χ1) is 10.6. The molecular weight excluding hydrogens is 403 g/mol. The van der Waals surface area contributed by atoms with Crippen LogP contribution in [0.5, 0.6) is 0 Å². The van der Waals surface area contributed by atoms with Crippen LogP contribution in [-0.2, 0) is 16.0 Å². The summed E-state index contributed by atoms with van der Waals surface area (Å²) >= 11 is -0.543. The van der Waals surface area contributed by atoms with E-state index in [0.717, 1.165) is 5.69 Å². The number of H-pyrrole nitrogens is 1. The predicted octanol–water partition coefficient (Wildman–Crippen LogP) is -0.0691. The van der Waals surface area contributed by atoms with Gasteiger partial charge in [-0.25, -0.2) is 4.98 Å². The topological polar surface area (TPSA) is 124 Å². The molecule has 0 aromatic carbocycles. The Labute approximate surface area is 145 Å². The number of aromatic amines is 1. The maximum absolute atomic E-state index is 11.8. The average molecular weight is 431 g/mol. The Kier molecular flexibility index (Phi) is 10.9. The van der Waals surface area contributed by atoms with E-state index >= 15 is 0 Å². The van der Waals surface area contributed by atoms with Gasteiger partial charge in [-0.15, -0.1) is 0 Å². The first-order valence-electron chi connectivity index (χ1n) is 7.64. The molecule has 1 aromatic rings. The molecular formula is C15H28N4O3Sn. The number of aromatic nitrogens is 2. The molecule has 1 heterocycles. The first kappa shape index (κ1) is 21.9. The van der Waals surface area contributed by atoms with Crippen molar-refractivity contribution >= 4 is 31.6 Å². The van der Waals surface area contributed by atoms with Crippen LogP contribution in [0, 0.1) is 5.92 Å². The minimum atomic E-state index is -1.30. The molecule has 0 bridgehead atoms. The van der Waals surface area contributed by atoms with Crippen LogP contribution in [0.15, 0.2) is 12.5 Å². The van der Waals surface area contributed by atoms with E-state index in [4.69, 9.17) is 5.73 Å². The molecule has 2 atom stereocenters. The van der Waals surface area contributed by atoms with Crippen molar-refractivity contribution in [1.29, 1.82) is 0 Å². The summed E-state index contributed by atoms with van der Waals surface area (Å²) in [6.45, 7) is 3.74. The van der Waals surface area contributed by atoms with E-state index in [1.165, 1.54) is 6.33 Å². The molecule has 0 saturated heterocycles. The fraction of sp³-hybridized carbons (Fsp3) is 0.667. The number of aliphatic carboxylic acids is 1. The molecule has 7 nitrogen and oxygen atoms in total. The molecule has 0 aliphatic rings. The summed E-state index contributed by atoms with van der Waals surface area (Å²) in [6.07, 6.45) is 3.64. The van der Waals surface area contributed by atoms with Crippen molar-refractivity contribution in [2.24, 2.45) is 11.7 Å². The van der Waals surface area contributed by atoms with Gasteiger partial charge in [-0.3, -0.25) is 4.79 Å². The van der Waals surface area contributed by atoms with E-state index in [1.54, 1.807) is 6.20 Å². The van der Waals surface area contributed by atoms with Gasteiger partial charge in [-0.1, -0.05) is 13.8 Å². The van der Waals surface area contributed by atoms with Crippen LogP contribution >= 0.6 is 0 Å². The summed E-state index contributed by atoms with van der Waals surface area (Å²) in [6, 6.07) is -1.84. The molecule has 0 spiro atoms. The molecule has 0 fully saturated rings. The van der Waals surface area contributed by atoms with Crippen LogP contribution in [0.1, 0.15) is 26.0 Å².